The van der Waals surface area contributed by atoms with Gasteiger partial charge in [0, 0.05) is 34.1 Å². The molecule has 1 aromatic heterocycles. The molecule has 0 aliphatic heterocycles. The van der Waals surface area contributed by atoms with Crippen molar-refractivity contribution in [2.24, 2.45) is 0 Å². The predicted molar refractivity (Wildman–Crippen MR) is 77.0 cm³/mol. The first-order valence-corrected chi connectivity index (χ1v) is 7.96. The van der Waals surface area contributed by atoms with E-state index < -0.39 is 10.2 Å². The quantitative estimate of drug-likeness (QED) is 0.815. The van der Waals surface area contributed by atoms with Crippen LogP contribution < -0.4 is 0 Å². The van der Waals surface area contributed by atoms with Gasteiger partial charge in [-0.1, -0.05) is 11.8 Å². The molecule has 5 nitrogen and oxygen atoms in total. The number of hydrogen-bond acceptors (Lipinski definition) is 4. The molecule has 0 saturated heterocycles. The van der Waals surface area contributed by atoms with Crippen molar-refractivity contribution in [2.45, 2.75) is 13.0 Å². The van der Waals surface area contributed by atoms with Crippen molar-refractivity contribution in [1.29, 1.82) is 0 Å². The number of nitrogens with zero attached hydrogens (tertiary/aromatic N) is 2. The Balaban J connectivity index is 2.72. The van der Waals surface area contributed by atoms with Crippen LogP contribution in [0.5, 0.6) is 0 Å². The van der Waals surface area contributed by atoms with Crippen LogP contribution in [0.1, 0.15) is 16.9 Å². The summed E-state index contributed by atoms with van der Waals surface area (Å²) in [6.07, 6.45) is 0.447. The first-order chi connectivity index (χ1) is 8.87. The molecule has 0 saturated carbocycles. The van der Waals surface area contributed by atoms with Gasteiger partial charge in [0.1, 0.15) is 0 Å². The Morgan fingerprint density at radius 3 is 2.63 bits per heavy atom. The first-order valence-electron chi connectivity index (χ1n) is 5.69. The topological polar surface area (TPSA) is 60.9 Å². The lowest BCUT2D eigenvalue weighted by Gasteiger charge is -2.20. The Kier molecular flexibility index (Phi) is 5.97. The van der Waals surface area contributed by atoms with Crippen molar-refractivity contribution < 1.29 is 13.5 Å². The number of rotatable bonds is 5. The molecule has 0 aliphatic rings. The van der Waals surface area contributed by atoms with E-state index in [9.17, 15) is 8.42 Å². The van der Waals surface area contributed by atoms with Gasteiger partial charge in [0.25, 0.3) is 10.2 Å². The summed E-state index contributed by atoms with van der Waals surface area (Å²) in [4.78, 5) is 0.874. The third kappa shape index (κ3) is 4.60. The summed E-state index contributed by atoms with van der Waals surface area (Å²) in [7, 11) is 1.17. The summed E-state index contributed by atoms with van der Waals surface area (Å²) < 4.78 is 26.2. The zero-order chi connectivity index (χ0) is 14.5. The van der Waals surface area contributed by atoms with E-state index in [1.165, 1.54) is 34.0 Å². The molecule has 19 heavy (non-hydrogen) atoms. The van der Waals surface area contributed by atoms with E-state index in [1.807, 2.05) is 11.4 Å². The second-order valence-electron chi connectivity index (χ2n) is 4.14. The van der Waals surface area contributed by atoms with Crippen LogP contribution in [0.15, 0.2) is 11.4 Å². The van der Waals surface area contributed by atoms with Gasteiger partial charge in [-0.05, 0) is 17.0 Å². The normalized spacial score (nSPS) is 11.7. The minimum absolute atomic E-state index is 0.0506. The van der Waals surface area contributed by atoms with Crippen LogP contribution in [-0.2, 0) is 16.8 Å². The van der Waals surface area contributed by atoms with Gasteiger partial charge >= 0.3 is 0 Å². The number of thiophene rings is 1. The Labute approximate surface area is 118 Å². The molecule has 0 aromatic carbocycles. The standard InChI is InChI=1S/C12H18N2O3S2/c1-13(2)19(16,17)14(3)9-11-8-12(18-10-11)6-4-5-7-15/h8,10,15H,5,7,9H2,1-3H3. The molecule has 1 aromatic rings. The third-order valence-corrected chi connectivity index (χ3v) is 5.10. The van der Waals surface area contributed by atoms with Crippen molar-refractivity contribution in [3.63, 3.8) is 0 Å². The SMILES string of the molecule is CN(C)S(=O)(=O)N(C)Cc1csc(C#CCCO)c1. The molecule has 0 fully saturated rings. The highest BCUT2D eigenvalue weighted by Crippen LogP contribution is 2.16. The molecule has 0 radical (unpaired) electrons. The van der Waals surface area contributed by atoms with Gasteiger partial charge in [-0.3, -0.25) is 0 Å². The first kappa shape index (κ1) is 16.1. The smallest absolute Gasteiger partial charge is 0.281 e. The molecular formula is C12H18N2O3S2. The fraction of sp³-hybridized carbons (Fsp3) is 0.500. The highest BCUT2D eigenvalue weighted by molar-refractivity contribution is 7.86. The molecule has 0 amide bonds. The summed E-state index contributed by atoms with van der Waals surface area (Å²) in [5.41, 5.74) is 0.909. The van der Waals surface area contributed by atoms with Crippen molar-refractivity contribution in [1.82, 2.24) is 8.61 Å². The second-order valence-corrected chi connectivity index (χ2v) is 7.30. The van der Waals surface area contributed by atoms with Crippen LogP contribution >= 0.6 is 11.3 Å². The van der Waals surface area contributed by atoms with Gasteiger partial charge in [-0.25, -0.2) is 0 Å². The van der Waals surface area contributed by atoms with Crippen molar-refractivity contribution in [3.05, 3.63) is 21.9 Å². The summed E-state index contributed by atoms with van der Waals surface area (Å²) in [6, 6.07) is 1.87. The molecule has 1 heterocycles. The maximum atomic E-state index is 11.9. The van der Waals surface area contributed by atoms with Gasteiger partial charge in [0.05, 0.1) is 11.5 Å². The maximum absolute atomic E-state index is 11.9. The zero-order valence-corrected chi connectivity index (χ0v) is 12.9. The Bertz CT molecular complexity index is 567. The summed E-state index contributed by atoms with van der Waals surface area (Å²) in [5, 5.41) is 10.5. The molecule has 1 rings (SSSR count). The van der Waals surface area contributed by atoms with Crippen LogP contribution in [0.2, 0.25) is 0 Å². The lowest BCUT2D eigenvalue weighted by molar-refractivity contribution is 0.305. The maximum Gasteiger partial charge on any atom is 0.281 e. The minimum atomic E-state index is -3.38. The van der Waals surface area contributed by atoms with E-state index >= 15 is 0 Å². The van der Waals surface area contributed by atoms with E-state index in [2.05, 4.69) is 11.8 Å². The highest BCUT2D eigenvalue weighted by Gasteiger charge is 2.20. The molecule has 0 unspecified atom stereocenters. The fourth-order valence-electron chi connectivity index (χ4n) is 1.35. The third-order valence-electron chi connectivity index (χ3n) is 2.36. The summed E-state index contributed by atoms with van der Waals surface area (Å²) in [6.45, 7) is 0.369. The van der Waals surface area contributed by atoms with Crippen molar-refractivity contribution in [3.8, 4) is 11.8 Å². The molecule has 0 aliphatic carbocycles. The molecule has 0 bridgehead atoms. The predicted octanol–water partition coefficient (Wildman–Crippen LogP) is 0.720. The largest absolute Gasteiger partial charge is 0.395 e. The fourth-order valence-corrected chi connectivity index (χ4v) is 2.99. The molecule has 1 N–H and O–H groups in total. The van der Waals surface area contributed by atoms with Gasteiger partial charge in [-0.2, -0.15) is 17.0 Å². The lowest BCUT2D eigenvalue weighted by Crippen LogP contribution is -2.36. The van der Waals surface area contributed by atoms with Crippen molar-refractivity contribution in [2.75, 3.05) is 27.7 Å². The minimum Gasteiger partial charge on any atom is -0.395 e. The Hall–Kier alpha value is -0.910. The average molecular weight is 302 g/mol. The van der Waals surface area contributed by atoms with Crippen molar-refractivity contribution >= 4 is 21.5 Å². The van der Waals surface area contributed by atoms with Crippen LogP contribution in [0.3, 0.4) is 0 Å². The average Bonchev–Trinajstić information content (AvgIpc) is 2.77. The summed E-state index contributed by atoms with van der Waals surface area (Å²) >= 11 is 1.47. The Morgan fingerprint density at radius 1 is 1.37 bits per heavy atom. The highest BCUT2D eigenvalue weighted by atomic mass is 32.2. The van der Waals surface area contributed by atoms with Gasteiger partial charge in [0.2, 0.25) is 0 Å². The summed E-state index contributed by atoms with van der Waals surface area (Å²) in [5.74, 6) is 5.77. The molecule has 7 heteroatoms. The Morgan fingerprint density at radius 2 is 2.05 bits per heavy atom. The molecular weight excluding hydrogens is 284 g/mol. The zero-order valence-electron chi connectivity index (χ0n) is 11.3. The van der Waals surface area contributed by atoms with E-state index in [0.717, 1.165) is 10.4 Å². The monoisotopic (exact) mass is 302 g/mol. The molecule has 106 valence electrons. The van der Waals surface area contributed by atoms with Gasteiger partial charge < -0.3 is 5.11 Å². The van der Waals surface area contributed by atoms with E-state index in [4.69, 9.17) is 5.11 Å². The van der Waals surface area contributed by atoms with E-state index in [0.29, 0.717) is 13.0 Å². The van der Waals surface area contributed by atoms with Crippen LogP contribution in [0, 0.1) is 11.8 Å². The van der Waals surface area contributed by atoms with E-state index in [-0.39, 0.29) is 6.61 Å². The number of hydrogen-bond donors (Lipinski definition) is 1. The number of aliphatic hydroxyl groups is 1. The molecule has 0 spiro atoms. The van der Waals surface area contributed by atoms with Gasteiger partial charge in [-0.15, -0.1) is 11.3 Å². The van der Waals surface area contributed by atoms with E-state index in [1.54, 1.807) is 7.05 Å². The van der Waals surface area contributed by atoms with Crippen LogP contribution in [-0.4, -0.2) is 49.9 Å². The van der Waals surface area contributed by atoms with Crippen LogP contribution in [0.4, 0.5) is 0 Å². The van der Waals surface area contributed by atoms with Crippen LogP contribution in [0.25, 0.3) is 0 Å². The molecule has 0 atom stereocenters. The van der Waals surface area contributed by atoms with Gasteiger partial charge in [0.15, 0.2) is 0 Å². The lowest BCUT2D eigenvalue weighted by atomic mass is 10.3. The number of aliphatic hydroxyl groups excluding tert-OH is 1. The second kappa shape index (κ2) is 7.03.